The van der Waals surface area contributed by atoms with Gasteiger partial charge in [-0.2, -0.15) is 0 Å². The summed E-state index contributed by atoms with van der Waals surface area (Å²) in [4.78, 5) is 14.5. The highest BCUT2D eigenvalue weighted by atomic mass is 16.1. The fourth-order valence-corrected chi connectivity index (χ4v) is 2.61. The Kier molecular flexibility index (Phi) is 3.77. The Hall–Kier alpha value is -2.49. The summed E-state index contributed by atoms with van der Waals surface area (Å²) in [6, 6.07) is 15.0. The lowest BCUT2D eigenvalue weighted by atomic mass is 10.2. The van der Waals surface area contributed by atoms with Crippen molar-refractivity contribution in [1.82, 2.24) is 0 Å². The summed E-state index contributed by atoms with van der Waals surface area (Å²) in [5.41, 5.74) is 8.98. The number of benzene rings is 2. The predicted octanol–water partition coefficient (Wildman–Crippen LogP) is 3.12. The molecule has 0 spiro atoms. The van der Waals surface area contributed by atoms with Crippen molar-refractivity contribution in [1.29, 1.82) is 0 Å². The van der Waals surface area contributed by atoms with E-state index in [2.05, 4.69) is 10.2 Å². The number of carbonyl (C=O) groups is 1. The lowest BCUT2D eigenvalue weighted by Crippen LogP contribution is -2.18. The Bertz CT molecular complexity index is 634. The van der Waals surface area contributed by atoms with E-state index in [4.69, 9.17) is 5.73 Å². The summed E-state index contributed by atoms with van der Waals surface area (Å²) in [6.45, 7) is 2.13. The number of nitrogens with one attached hydrogen (secondary N) is 1. The fraction of sp³-hybridized carbons (Fsp3) is 0.235. The van der Waals surface area contributed by atoms with Crippen LogP contribution in [0.2, 0.25) is 0 Å². The number of rotatable bonds is 3. The monoisotopic (exact) mass is 281 g/mol. The van der Waals surface area contributed by atoms with Crippen molar-refractivity contribution >= 4 is 23.0 Å². The Balaban J connectivity index is 1.81. The average Bonchev–Trinajstić information content (AvgIpc) is 3.04. The van der Waals surface area contributed by atoms with Gasteiger partial charge in [0.1, 0.15) is 0 Å². The van der Waals surface area contributed by atoms with Crippen LogP contribution in [0, 0.1) is 0 Å². The smallest absolute Gasteiger partial charge is 0.255 e. The van der Waals surface area contributed by atoms with E-state index in [1.807, 2.05) is 36.4 Å². The van der Waals surface area contributed by atoms with Crippen molar-refractivity contribution in [2.45, 2.75) is 12.8 Å². The zero-order valence-corrected chi connectivity index (χ0v) is 11.9. The maximum Gasteiger partial charge on any atom is 0.255 e. The molecule has 0 saturated carbocycles. The molecule has 0 aliphatic carbocycles. The van der Waals surface area contributed by atoms with Crippen LogP contribution >= 0.6 is 0 Å². The number of carbonyl (C=O) groups excluding carboxylic acids is 1. The fourth-order valence-electron chi connectivity index (χ4n) is 2.61. The Morgan fingerprint density at radius 3 is 2.48 bits per heavy atom. The van der Waals surface area contributed by atoms with E-state index in [9.17, 15) is 4.79 Å². The van der Waals surface area contributed by atoms with Crippen LogP contribution in [0.15, 0.2) is 48.5 Å². The normalized spacial score (nSPS) is 14.2. The van der Waals surface area contributed by atoms with Gasteiger partial charge in [0, 0.05) is 24.3 Å². The minimum atomic E-state index is -0.138. The summed E-state index contributed by atoms with van der Waals surface area (Å²) < 4.78 is 0. The average molecular weight is 281 g/mol. The molecule has 3 N–H and O–H groups in total. The van der Waals surface area contributed by atoms with Crippen LogP contribution in [-0.2, 0) is 0 Å². The molecule has 0 radical (unpaired) electrons. The molecule has 0 atom stereocenters. The molecule has 1 heterocycles. The first-order chi connectivity index (χ1) is 10.2. The third-order valence-electron chi connectivity index (χ3n) is 3.79. The second kappa shape index (κ2) is 5.87. The molecule has 1 aliphatic rings. The summed E-state index contributed by atoms with van der Waals surface area (Å²) in [5.74, 6) is -0.138. The third-order valence-corrected chi connectivity index (χ3v) is 3.79. The van der Waals surface area contributed by atoms with Crippen LogP contribution in [0.1, 0.15) is 23.2 Å². The van der Waals surface area contributed by atoms with Gasteiger partial charge in [0.05, 0.1) is 11.4 Å². The topological polar surface area (TPSA) is 58.4 Å². The first-order valence-electron chi connectivity index (χ1n) is 7.25. The van der Waals surface area contributed by atoms with E-state index in [1.54, 1.807) is 12.1 Å². The molecule has 1 amide bonds. The zero-order chi connectivity index (χ0) is 14.7. The summed E-state index contributed by atoms with van der Waals surface area (Å²) in [7, 11) is 0. The van der Waals surface area contributed by atoms with E-state index in [0.717, 1.165) is 18.8 Å². The van der Waals surface area contributed by atoms with Gasteiger partial charge in [0.25, 0.3) is 5.91 Å². The second-order valence-corrected chi connectivity index (χ2v) is 5.29. The van der Waals surface area contributed by atoms with Crippen LogP contribution in [0.3, 0.4) is 0 Å². The Labute approximate surface area is 124 Å². The highest BCUT2D eigenvalue weighted by Gasteiger charge is 2.14. The standard InChI is InChI=1S/C17H19N3O/c18-15-9-8-14(20-10-4-5-11-20)12-16(15)19-17(21)13-6-2-1-3-7-13/h1-3,6-9,12H,4-5,10-11,18H2,(H,19,21). The molecule has 1 saturated heterocycles. The molecule has 1 fully saturated rings. The van der Waals surface area contributed by atoms with Crippen molar-refractivity contribution in [3.63, 3.8) is 0 Å². The molecule has 1 aliphatic heterocycles. The highest BCUT2D eigenvalue weighted by molar-refractivity contribution is 6.06. The number of nitrogens with two attached hydrogens (primary N) is 1. The van der Waals surface area contributed by atoms with Crippen molar-refractivity contribution in [3.05, 3.63) is 54.1 Å². The first-order valence-corrected chi connectivity index (χ1v) is 7.25. The number of nitrogen functional groups attached to an aromatic ring is 1. The number of hydrogen-bond donors (Lipinski definition) is 2. The minimum Gasteiger partial charge on any atom is -0.397 e. The molecule has 2 aromatic rings. The van der Waals surface area contributed by atoms with Gasteiger partial charge in [0.15, 0.2) is 0 Å². The highest BCUT2D eigenvalue weighted by Crippen LogP contribution is 2.28. The van der Waals surface area contributed by atoms with Crippen LogP contribution in [0.4, 0.5) is 17.1 Å². The van der Waals surface area contributed by atoms with E-state index in [0.29, 0.717) is 16.9 Å². The van der Waals surface area contributed by atoms with Crippen LogP contribution in [-0.4, -0.2) is 19.0 Å². The summed E-state index contributed by atoms with van der Waals surface area (Å²) in [6.07, 6.45) is 2.44. The van der Waals surface area contributed by atoms with Crippen molar-refractivity contribution < 1.29 is 4.79 Å². The van der Waals surface area contributed by atoms with Gasteiger partial charge in [-0.05, 0) is 43.2 Å². The van der Waals surface area contributed by atoms with E-state index >= 15 is 0 Å². The SMILES string of the molecule is Nc1ccc(N2CCCC2)cc1NC(=O)c1ccccc1. The number of hydrogen-bond acceptors (Lipinski definition) is 3. The van der Waals surface area contributed by atoms with Gasteiger partial charge in [0.2, 0.25) is 0 Å². The third kappa shape index (κ3) is 2.99. The molecule has 0 bridgehead atoms. The number of anilines is 3. The van der Waals surface area contributed by atoms with E-state index in [-0.39, 0.29) is 5.91 Å². The number of amides is 1. The van der Waals surface area contributed by atoms with Crippen LogP contribution in [0.25, 0.3) is 0 Å². The lowest BCUT2D eigenvalue weighted by Gasteiger charge is -2.19. The molecular weight excluding hydrogens is 262 g/mol. The number of nitrogens with zero attached hydrogens (tertiary/aromatic N) is 1. The quantitative estimate of drug-likeness (QED) is 0.850. The molecule has 108 valence electrons. The van der Waals surface area contributed by atoms with Crippen molar-refractivity contribution in [3.8, 4) is 0 Å². The van der Waals surface area contributed by atoms with Gasteiger partial charge in [-0.3, -0.25) is 4.79 Å². The molecule has 4 nitrogen and oxygen atoms in total. The van der Waals surface area contributed by atoms with Gasteiger partial charge < -0.3 is 16.0 Å². The maximum absolute atomic E-state index is 12.2. The van der Waals surface area contributed by atoms with E-state index < -0.39 is 0 Å². The lowest BCUT2D eigenvalue weighted by molar-refractivity contribution is 0.102. The first kappa shape index (κ1) is 13.5. The van der Waals surface area contributed by atoms with Gasteiger partial charge >= 0.3 is 0 Å². The maximum atomic E-state index is 12.2. The second-order valence-electron chi connectivity index (χ2n) is 5.29. The van der Waals surface area contributed by atoms with Gasteiger partial charge in [-0.15, -0.1) is 0 Å². The van der Waals surface area contributed by atoms with E-state index in [1.165, 1.54) is 12.8 Å². The van der Waals surface area contributed by atoms with Crippen LogP contribution < -0.4 is 16.0 Å². The minimum absolute atomic E-state index is 0.138. The molecule has 4 heteroatoms. The largest absolute Gasteiger partial charge is 0.397 e. The zero-order valence-electron chi connectivity index (χ0n) is 11.9. The molecular formula is C17H19N3O. The van der Waals surface area contributed by atoms with Crippen molar-refractivity contribution in [2.24, 2.45) is 0 Å². The Morgan fingerprint density at radius 1 is 1.05 bits per heavy atom. The molecule has 0 aromatic heterocycles. The molecule has 3 rings (SSSR count). The van der Waals surface area contributed by atoms with Gasteiger partial charge in [-0.25, -0.2) is 0 Å². The van der Waals surface area contributed by atoms with Crippen molar-refractivity contribution in [2.75, 3.05) is 29.0 Å². The van der Waals surface area contributed by atoms with Gasteiger partial charge in [-0.1, -0.05) is 18.2 Å². The summed E-state index contributed by atoms with van der Waals surface area (Å²) >= 11 is 0. The summed E-state index contributed by atoms with van der Waals surface area (Å²) in [5, 5.41) is 2.90. The molecule has 21 heavy (non-hydrogen) atoms. The van der Waals surface area contributed by atoms with Crippen LogP contribution in [0.5, 0.6) is 0 Å². The molecule has 0 unspecified atom stereocenters. The Morgan fingerprint density at radius 2 is 1.76 bits per heavy atom. The molecule has 2 aromatic carbocycles. The predicted molar refractivity (Wildman–Crippen MR) is 86.7 cm³/mol.